The average Bonchev–Trinajstić information content (AvgIpc) is 2.91. The molecule has 5 nitrogen and oxygen atoms in total. The van der Waals surface area contributed by atoms with Crippen LogP contribution < -0.4 is 11.1 Å². The molecule has 1 heterocycles. The van der Waals surface area contributed by atoms with E-state index in [4.69, 9.17) is 5.73 Å². The predicted molar refractivity (Wildman–Crippen MR) is 87.5 cm³/mol. The molecule has 0 aliphatic carbocycles. The van der Waals surface area contributed by atoms with E-state index in [2.05, 4.69) is 29.4 Å². The zero-order chi connectivity index (χ0) is 15.2. The van der Waals surface area contributed by atoms with Gasteiger partial charge >= 0.3 is 0 Å². The summed E-state index contributed by atoms with van der Waals surface area (Å²) in [6.07, 6.45) is 0. The molecule has 0 bridgehead atoms. The van der Waals surface area contributed by atoms with Crippen molar-refractivity contribution in [3.05, 3.63) is 35.9 Å². The van der Waals surface area contributed by atoms with Gasteiger partial charge < -0.3 is 11.1 Å². The average molecular weight is 322 g/mol. The van der Waals surface area contributed by atoms with Crippen LogP contribution in [0.5, 0.6) is 0 Å². The van der Waals surface area contributed by atoms with Crippen molar-refractivity contribution in [3.8, 4) is 0 Å². The normalized spacial score (nSPS) is 12.3. The van der Waals surface area contributed by atoms with Crippen molar-refractivity contribution >= 4 is 34.1 Å². The van der Waals surface area contributed by atoms with Crippen LogP contribution in [0.25, 0.3) is 0 Å². The first-order valence-electron chi connectivity index (χ1n) is 6.64. The fraction of sp³-hybridized carbons (Fsp3) is 0.357. The van der Waals surface area contributed by atoms with Crippen LogP contribution in [0.3, 0.4) is 0 Å². The van der Waals surface area contributed by atoms with Gasteiger partial charge in [-0.2, -0.15) is 0 Å². The number of nitrogens with one attached hydrogen (secondary N) is 1. The summed E-state index contributed by atoms with van der Waals surface area (Å²) in [5.41, 5.74) is 6.38. The first-order valence-corrected chi connectivity index (χ1v) is 8.34. The minimum Gasteiger partial charge on any atom is -0.368 e. The van der Waals surface area contributed by atoms with Gasteiger partial charge in [-0.15, -0.1) is 10.2 Å². The van der Waals surface area contributed by atoms with E-state index in [1.165, 1.54) is 23.1 Å². The Morgan fingerprint density at radius 2 is 2.05 bits per heavy atom. The summed E-state index contributed by atoms with van der Waals surface area (Å²) in [5.74, 6) is 0.158. The van der Waals surface area contributed by atoms with E-state index in [1.807, 2.05) is 30.3 Å². The van der Waals surface area contributed by atoms with E-state index in [-0.39, 0.29) is 5.91 Å². The minimum atomic E-state index is -0.447. The molecule has 0 spiro atoms. The number of hydrogen-bond acceptors (Lipinski definition) is 6. The second-order valence-electron chi connectivity index (χ2n) is 4.96. The maximum absolute atomic E-state index is 11.7. The lowest BCUT2D eigenvalue weighted by atomic mass is 10.1. The largest absolute Gasteiger partial charge is 0.368 e. The highest BCUT2D eigenvalue weighted by Crippen LogP contribution is 2.37. The Hall–Kier alpha value is -1.60. The van der Waals surface area contributed by atoms with E-state index >= 15 is 0 Å². The second-order valence-corrected chi connectivity index (χ2v) is 7.29. The molecule has 21 heavy (non-hydrogen) atoms. The van der Waals surface area contributed by atoms with Gasteiger partial charge in [0.25, 0.3) is 0 Å². The second kappa shape index (κ2) is 7.42. The van der Waals surface area contributed by atoms with Crippen molar-refractivity contribution in [1.82, 2.24) is 10.2 Å². The molecule has 0 fully saturated rings. The van der Waals surface area contributed by atoms with Crippen LogP contribution >= 0.6 is 23.1 Å². The van der Waals surface area contributed by atoms with Gasteiger partial charge in [-0.1, -0.05) is 67.3 Å². The zero-order valence-corrected chi connectivity index (χ0v) is 13.6. The van der Waals surface area contributed by atoms with E-state index in [1.54, 1.807) is 0 Å². The lowest BCUT2D eigenvalue weighted by molar-refractivity contribution is -0.117. The summed E-state index contributed by atoms with van der Waals surface area (Å²) in [5, 5.41) is 11.7. The van der Waals surface area contributed by atoms with Gasteiger partial charge in [-0.25, -0.2) is 0 Å². The number of nitrogens with two attached hydrogens (primary N) is 1. The van der Waals surface area contributed by atoms with E-state index < -0.39 is 5.25 Å². The highest BCUT2D eigenvalue weighted by Gasteiger charge is 2.21. The number of nitrogens with zero attached hydrogens (tertiary/aromatic N) is 2. The fourth-order valence-electron chi connectivity index (χ4n) is 1.64. The Morgan fingerprint density at radius 1 is 1.33 bits per heavy atom. The van der Waals surface area contributed by atoms with Crippen LogP contribution in [0.1, 0.15) is 24.7 Å². The number of primary amides is 1. The molecule has 112 valence electrons. The number of carbonyl (C=O) groups excluding carboxylic acids is 1. The molecule has 1 aromatic heterocycles. The molecule has 3 N–H and O–H groups in total. The molecule has 7 heteroatoms. The summed E-state index contributed by atoms with van der Waals surface area (Å²) in [6.45, 7) is 5.10. The molecule has 0 saturated carbocycles. The van der Waals surface area contributed by atoms with Gasteiger partial charge in [-0.3, -0.25) is 4.79 Å². The van der Waals surface area contributed by atoms with Gasteiger partial charge in [0.2, 0.25) is 11.0 Å². The molecule has 2 rings (SSSR count). The molecular formula is C14H18N4OS2. The molecule has 1 amide bonds. The summed E-state index contributed by atoms with van der Waals surface area (Å²) < 4.78 is 0.730. The van der Waals surface area contributed by atoms with Crippen molar-refractivity contribution < 1.29 is 4.79 Å². The Morgan fingerprint density at radius 3 is 2.67 bits per heavy atom. The Labute approximate surface area is 132 Å². The van der Waals surface area contributed by atoms with Gasteiger partial charge in [0.1, 0.15) is 5.25 Å². The Bertz CT molecular complexity index is 586. The van der Waals surface area contributed by atoms with Gasteiger partial charge in [0.05, 0.1) is 0 Å². The number of thioether (sulfide) groups is 1. The molecule has 2 aromatic rings. The summed E-state index contributed by atoms with van der Waals surface area (Å²) in [4.78, 5) is 11.7. The molecule has 1 atom stereocenters. The maximum atomic E-state index is 11.7. The summed E-state index contributed by atoms with van der Waals surface area (Å²) in [7, 11) is 0. The summed E-state index contributed by atoms with van der Waals surface area (Å²) >= 11 is 2.77. The first-order chi connectivity index (χ1) is 10.1. The van der Waals surface area contributed by atoms with Gasteiger partial charge in [-0.05, 0) is 11.5 Å². The smallest absolute Gasteiger partial charge is 0.235 e. The minimum absolute atomic E-state index is 0.377. The zero-order valence-electron chi connectivity index (χ0n) is 11.9. The number of aromatic nitrogens is 2. The number of carbonyl (C=O) groups is 1. The Balaban J connectivity index is 2.06. The highest BCUT2D eigenvalue weighted by atomic mass is 32.2. The van der Waals surface area contributed by atoms with Crippen LogP contribution in [-0.2, 0) is 4.79 Å². The van der Waals surface area contributed by atoms with Crippen LogP contribution in [0.2, 0.25) is 0 Å². The quantitative estimate of drug-likeness (QED) is 0.766. The summed E-state index contributed by atoms with van der Waals surface area (Å²) in [6, 6.07) is 9.47. The van der Waals surface area contributed by atoms with Crippen molar-refractivity contribution in [3.63, 3.8) is 0 Å². The SMILES string of the molecule is CC(C)CNc1nnc(SC(C(N)=O)c2ccccc2)s1. The highest BCUT2D eigenvalue weighted by molar-refractivity contribution is 8.01. The van der Waals surface area contributed by atoms with Crippen molar-refractivity contribution in [2.24, 2.45) is 11.7 Å². The number of hydrogen-bond donors (Lipinski definition) is 2. The molecular weight excluding hydrogens is 304 g/mol. The molecule has 1 unspecified atom stereocenters. The number of anilines is 1. The van der Waals surface area contributed by atoms with Gasteiger partial charge in [0.15, 0.2) is 4.34 Å². The van der Waals surface area contributed by atoms with Crippen molar-refractivity contribution in [2.45, 2.75) is 23.4 Å². The topological polar surface area (TPSA) is 80.9 Å². The first kappa shape index (κ1) is 15.8. The number of rotatable bonds is 7. The third-order valence-corrected chi connectivity index (χ3v) is 4.89. The van der Waals surface area contributed by atoms with Crippen molar-refractivity contribution in [2.75, 3.05) is 11.9 Å². The van der Waals surface area contributed by atoms with Crippen LogP contribution in [0, 0.1) is 5.92 Å². The molecule has 0 aliphatic rings. The van der Waals surface area contributed by atoms with Gasteiger partial charge in [0, 0.05) is 6.54 Å². The fourth-order valence-corrected chi connectivity index (χ4v) is 3.54. The van der Waals surface area contributed by atoms with Crippen LogP contribution in [0.15, 0.2) is 34.7 Å². The van der Waals surface area contributed by atoms with Crippen molar-refractivity contribution in [1.29, 1.82) is 0 Å². The third kappa shape index (κ3) is 4.71. The Kier molecular flexibility index (Phi) is 5.58. The lowest BCUT2D eigenvalue weighted by Gasteiger charge is -2.10. The standard InChI is InChI=1S/C14H18N4OS2/c1-9(2)8-16-13-17-18-14(21-13)20-11(12(15)19)10-6-4-3-5-7-10/h3-7,9,11H,8H2,1-2H3,(H2,15,19)(H,16,17). The monoisotopic (exact) mass is 322 g/mol. The van der Waals surface area contributed by atoms with Crippen LogP contribution in [-0.4, -0.2) is 22.6 Å². The lowest BCUT2D eigenvalue weighted by Crippen LogP contribution is -2.18. The molecule has 0 radical (unpaired) electrons. The van der Waals surface area contributed by atoms with Crippen LogP contribution in [0.4, 0.5) is 5.13 Å². The number of benzene rings is 1. The van der Waals surface area contributed by atoms with E-state index in [0.29, 0.717) is 5.92 Å². The molecule has 0 aliphatic heterocycles. The van der Waals surface area contributed by atoms with E-state index in [0.717, 1.165) is 21.6 Å². The molecule has 0 saturated heterocycles. The number of amides is 1. The third-order valence-electron chi connectivity index (χ3n) is 2.65. The maximum Gasteiger partial charge on any atom is 0.235 e. The predicted octanol–water partition coefficient (Wildman–Crippen LogP) is 2.92. The van der Waals surface area contributed by atoms with E-state index in [9.17, 15) is 4.79 Å². The molecule has 1 aromatic carbocycles.